The molecule has 0 saturated carbocycles. The third kappa shape index (κ3) is 2.79. The minimum atomic E-state index is -1.33. The minimum absolute atomic E-state index is 0.518. The van der Waals surface area contributed by atoms with Crippen LogP contribution < -0.4 is 0 Å². The fourth-order valence-corrected chi connectivity index (χ4v) is 2.99. The summed E-state index contributed by atoms with van der Waals surface area (Å²) in [4.78, 5) is 3.90. The van der Waals surface area contributed by atoms with Crippen molar-refractivity contribution in [3.63, 3.8) is 0 Å². The van der Waals surface area contributed by atoms with E-state index in [1.54, 1.807) is 6.07 Å². The summed E-state index contributed by atoms with van der Waals surface area (Å²) in [5, 5.41) is 12.2. The number of nitrogens with zero attached hydrogens (tertiary/aromatic N) is 1. The number of hydrogen-bond donors (Lipinski definition) is 1. The second-order valence-electron chi connectivity index (χ2n) is 5.26. The molecule has 3 rings (SSSR count). The fraction of sp³-hybridized carbons (Fsp3) is 0.0500. The van der Waals surface area contributed by atoms with Gasteiger partial charge in [0.05, 0.1) is 5.69 Å². The molecule has 114 valence electrons. The molecule has 0 aliphatic rings. The lowest BCUT2D eigenvalue weighted by Gasteiger charge is -2.31. The number of aliphatic hydroxyl groups is 1. The lowest BCUT2D eigenvalue weighted by Crippen LogP contribution is -2.29. The van der Waals surface area contributed by atoms with Crippen molar-refractivity contribution in [3.05, 3.63) is 101 Å². The highest BCUT2D eigenvalue weighted by Crippen LogP contribution is 2.40. The van der Waals surface area contributed by atoms with Crippen molar-refractivity contribution in [2.45, 2.75) is 5.60 Å². The van der Waals surface area contributed by atoms with Gasteiger partial charge in [-0.15, -0.1) is 0 Å². The molecule has 1 unspecified atom stereocenters. The Hall–Kier alpha value is -2.42. The molecule has 0 aromatic heterocycles. The summed E-state index contributed by atoms with van der Waals surface area (Å²) in [5.41, 5.74) is 1.55. The first-order valence-electron chi connectivity index (χ1n) is 7.26. The van der Waals surface area contributed by atoms with Crippen LogP contribution in [-0.2, 0) is 5.60 Å². The smallest absolute Gasteiger partial charge is 0.142 e. The molecule has 2 nitrogen and oxygen atoms in total. The molecule has 23 heavy (non-hydrogen) atoms. The van der Waals surface area contributed by atoms with Crippen LogP contribution in [0, 0.1) is 0 Å². The SMILES string of the molecule is C=Nc1ccc(C(O)(c2ccccc2)c2ccccc2Cl)cc1. The van der Waals surface area contributed by atoms with Gasteiger partial charge in [0.1, 0.15) is 5.60 Å². The van der Waals surface area contributed by atoms with Crippen LogP contribution in [0.5, 0.6) is 0 Å². The van der Waals surface area contributed by atoms with E-state index in [1.807, 2.05) is 72.8 Å². The Bertz CT molecular complexity index is 815. The standard InChI is InChI=1S/C20H16ClNO/c1-22-17-13-11-16(12-14-17)20(23,15-7-3-2-4-8-15)18-9-5-6-10-19(18)21/h2-14,23H,1H2. The summed E-state index contributed by atoms with van der Waals surface area (Å²) in [6, 6.07) is 24.2. The Labute approximate surface area is 140 Å². The predicted molar refractivity (Wildman–Crippen MR) is 95.6 cm³/mol. The molecule has 1 N–H and O–H groups in total. The van der Waals surface area contributed by atoms with E-state index >= 15 is 0 Å². The van der Waals surface area contributed by atoms with E-state index < -0.39 is 5.60 Å². The molecule has 0 heterocycles. The number of aliphatic imine (C=N–C) groups is 1. The molecule has 0 bridgehead atoms. The molecule has 0 saturated heterocycles. The van der Waals surface area contributed by atoms with Crippen molar-refractivity contribution < 1.29 is 5.11 Å². The molecule has 0 amide bonds. The van der Waals surface area contributed by atoms with Crippen LogP contribution in [-0.4, -0.2) is 11.8 Å². The van der Waals surface area contributed by atoms with Crippen molar-refractivity contribution in [2.75, 3.05) is 0 Å². The van der Waals surface area contributed by atoms with Gasteiger partial charge in [0.15, 0.2) is 0 Å². The molecule has 3 heteroatoms. The predicted octanol–water partition coefficient (Wildman–Crippen LogP) is 4.96. The highest BCUT2D eigenvalue weighted by molar-refractivity contribution is 6.31. The second-order valence-corrected chi connectivity index (χ2v) is 5.67. The van der Waals surface area contributed by atoms with E-state index in [1.165, 1.54) is 0 Å². The number of benzene rings is 3. The monoisotopic (exact) mass is 321 g/mol. The molecule has 3 aromatic rings. The van der Waals surface area contributed by atoms with E-state index in [9.17, 15) is 5.11 Å². The summed E-state index contributed by atoms with van der Waals surface area (Å²) >= 11 is 6.38. The van der Waals surface area contributed by atoms with Crippen LogP contribution in [0.1, 0.15) is 16.7 Å². The Balaban J connectivity index is 2.25. The molecule has 0 spiro atoms. The molecule has 0 radical (unpaired) electrons. The zero-order chi connectivity index (χ0) is 16.3. The molecule has 1 atom stereocenters. The van der Waals surface area contributed by atoms with Gasteiger partial charge >= 0.3 is 0 Å². The summed E-state index contributed by atoms with van der Waals surface area (Å²) in [7, 11) is 0. The van der Waals surface area contributed by atoms with Gasteiger partial charge in [0.25, 0.3) is 0 Å². The quantitative estimate of drug-likeness (QED) is 0.535. The largest absolute Gasteiger partial charge is 0.376 e. The first-order chi connectivity index (χ1) is 11.2. The third-order valence-electron chi connectivity index (χ3n) is 3.92. The molecular weight excluding hydrogens is 306 g/mol. The average Bonchev–Trinajstić information content (AvgIpc) is 2.62. The van der Waals surface area contributed by atoms with Crippen molar-refractivity contribution in [1.82, 2.24) is 0 Å². The van der Waals surface area contributed by atoms with E-state index in [4.69, 9.17) is 11.6 Å². The molecule has 0 fully saturated rings. The van der Waals surface area contributed by atoms with Crippen molar-refractivity contribution in [1.29, 1.82) is 0 Å². The first kappa shape index (κ1) is 15.5. The van der Waals surface area contributed by atoms with Crippen LogP contribution in [0.3, 0.4) is 0 Å². The van der Waals surface area contributed by atoms with Crippen molar-refractivity contribution in [2.24, 2.45) is 4.99 Å². The topological polar surface area (TPSA) is 32.6 Å². The Morgan fingerprint density at radius 3 is 1.96 bits per heavy atom. The average molecular weight is 322 g/mol. The van der Waals surface area contributed by atoms with Crippen molar-refractivity contribution in [3.8, 4) is 0 Å². The lowest BCUT2D eigenvalue weighted by atomic mass is 9.80. The number of hydrogen-bond acceptors (Lipinski definition) is 2. The zero-order valence-electron chi connectivity index (χ0n) is 12.5. The highest BCUT2D eigenvalue weighted by Gasteiger charge is 2.35. The van der Waals surface area contributed by atoms with Gasteiger partial charge in [-0.1, -0.05) is 72.3 Å². The van der Waals surface area contributed by atoms with Crippen LogP contribution in [0.2, 0.25) is 5.02 Å². The zero-order valence-corrected chi connectivity index (χ0v) is 13.2. The Morgan fingerprint density at radius 1 is 0.783 bits per heavy atom. The third-order valence-corrected chi connectivity index (χ3v) is 4.25. The summed E-state index contributed by atoms with van der Waals surface area (Å²) in [6.45, 7) is 3.52. The molecule has 3 aromatic carbocycles. The van der Waals surface area contributed by atoms with Crippen LogP contribution >= 0.6 is 11.6 Å². The minimum Gasteiger partial charge on any atom is -0.376 e. The van der Waals surface area contributed by atoms with Crippen molar-refractivity contribution >= 4 is 24.0 Å². The Morgan fingerprint density at radius 2 is 1.35 bits per heavy atom. The summed E-state index contributed by atoms with van der Waals surface area (Å²) < 4.78 is 0. The van der Waals surface area contributed by atoms with E-state index in [2.05, 4.69) is 11.7 Å². The lowest BCUT2D eigenvalue weighted by molar-refractivity contribution is 0.126. The summed E-state index contributed by atoms with van der Waals surface area (Å²) in [6.07, 6.45) is 0. The maximum Gasteiger partial charge on any atom is 0.142 e. The summed E-state index contributed by atoms with van der Waals surface area (Å²) in [5.74, 6) is 0. The van der Waals surface area contributed by atoms with Gasteiger partial charge in [0, 0.05) is 10.6 Å². The number of halogens is 1. The van der Waals surface area contributed by atoms with Gasteiger partial charge in [-0.2, -0.15) is 0 Å². The molecular formula is C20H16ClNO. The normalized spacial score (nSPS) is 13.3. The van der Waals surface area contributed by atoms with Gasteiger partial charge in [-0.05, 0) is 36.0 Å². The van der Waals surface area contributed by atoms with E-state index in [0.29, 0.717) is 10.6 Å². The molecule has 0 aliphatic heterocycles. The second kappa shape index (κ2) is 6.37. The maximum absolute atomic E-state index is 11.6. The first-order valence-corrected chi connectivity index (χ1v) is 7.64. The van der Waals surface area contributed by atoms with Gasteiger partial charge in [0.2, 0.25) is 0 Å². The molecule has 0 aliphatic carbocycles. The van der Waals surface area contributed by atoms with Crippen LogP contribution in [0.25, 0.3) is 0 Å². The van der Waals surface area contributed by atoms with Gasteiger partial charge < -0.3 is 5.11 Å². The van der Waals surface area contributed by atoms with Crippen LogP contribution in [0.4, 0.5) is 5.69 Å². The number of rotatable bonds is 4. The van der Waals surface area contributed by atoms with Crippen LogP contribution in [0.15, 0.2) is 83.9 Å². The van der Waals surface area contributed by atoms with E-state index in [-0.39, 0.29) is 0 Å². The maximum atomic E-state index is 11.6. The van der Waals surface area contributed by atoms with E-state index in [0.717, 1.165) is 16.8 Å². The van der Waals surface area contributed by atoms with Gasteiger partial charge in [-0.3, -0.25) is 4.99 Å². The van der Waals surface area contributed by atoms with Gasteiger partial charge in [-0.25, -0.2) is 0 Å². The fourth-order valence-electron chi connectivity index (χ4n) is 2.72. The highest BCUT2D eigenvalue weighted by atomic mass is 35.5. The Kier molecular flexibility index (Phi) is 4.28.